The van der Waals surface area contributed by atoms with Crippen LogP contribution in [-0.4, -0.2) is 27.0 Å². The van der Waals surface area contributed by atoms with E-state index in [-0.39, 0.29) is 23.3 Å². The first kappa shape index (κ1) is 12.5. The highest BCUT2D eigenvalue weighted by Crippen LogP contribution is 2.24. The Morgan fingerprint density at radius 2 is 1.83 bits per heavy atom. The average molecular weight is 249 g/mol. The lowest BCUT2D eigenvalue weighted by atomic mass is 9.89. The van der Waals surface area contributed by atoms with E-state index in [1.165, 1.54) is 12.4 Å². The summed E-state index contributed by atoms with van der Waals surface area (Å²) in [4.78, 5) is 30.5. The maximum absolute atomic E-state index is 12.0. The maximum atomic E-state index is 12.0. The van der Waals surface area contributed by atoms with Crippen LogP contribution >= 0.6 is 0 Å². The minimum atomic E-state index is -1.19. The van der Waals surface area contributed by atoms with Crippen molar-refractivity contribution in [3.63, 3.8) is 0 Å². The molecule has 0 bridgehead atoms. The largest absolute Gasteiger partial charge is 0.476 e. The standard InChI is InChI=1S/C12H15N3O3/c16-11(8-4-2-1-3-5-8)15-10-9(12(17)18)13-6-7-14-10/h6-8H,1-5H2,(H,17,18)(H,14,15,16). The first-order valence-corrected chi connectivity index (χ1v) is 6.03. The number of carboxylic acid groups (broad SMARTS) is 1. The number of nitrogens with one attached hydrogen (secondary N) is 1. The normalized spacial score (nSPS) is 16.2. The SMILES string of the molecule is O=C(O)c1nccnc1NC(=O)C1CCCCC1. The molecule has 96 valence electrons. The molecule has 0 saturated heterocycles. The van der Waals surface area contributed by atoms with E-state index in [0.717, 1.165) is 32.1 Å². The molecule has 0 radical (unpaired) electrons. The second kappa shape index (κ2) is 5.57. The summed E-state index contributed by atoms with van der Waals surface area (Å²) >= 11 is 0. The van der Waals surface area contributed by atoms with Gasteiger partial charge in [-0.05, 0) is 12.8 Å². The third-order valence-corrected chi connectivity index (χ3v) is 3.12. The fraction of sp³-hybridized carbons (Fsp3) is 0.500. The smallest absolute Gasteiger partial charge is 0.358 e. The van der Waals surface area contributed by atoms with Crippen molar-refractivity contribution in [2.75, 3.05) is 5.32 Å². The van der Waals surface area contributed by atoms with E-state index in [9.17, 15) is 9.59 Å². The van der Waals surface area contributed by atoms with E-state index >= 15 is 0 Å². The van der Waals surface area contributed by atoms with Gasteiger partial charge in [0.25, 0.3) is 0 Å². The highest BCUT2D eigenvalue weighted by molar-refractivity contribution is 5.98. The van der Waals surface area contributed by atoms with Gasteiger partial charge in [-0.2, -0.15) is 0 Å². The molecule has 18 heavy (non-hydrogen) atoms. The summed E-state index contributed by atoms with van der Waals surface area (Å²) in [7, 11) is 0. The first-order chi connectivity index (χ1) is 8.68. The van der Waals surface area contributed by atoms with Crippen molar-refractivity contribution in [2.45, 2.75) is 32.1 Å². The zero-order valence-corrected chi connectivity index (χ0v) is 9.93. The third-order valence-electron chi connectivity index (χ3n) is 3.12. The highest BCUT2D eigenvalue weighted by Gasteiger charge is 2.23. The topological polar surface area (TPSA) is 92.2 Å². The van der Waals surface area contributed by atoms with Crippen LogP contribution in [0, 0.1) is 5.92 Å². The van der Waals surface area contributed by atoms with Gasteiger partial charge < -0.3 is 10.4 Å². The number of rotatable bonds is 3. The molecule has 1 amide bonds. The molecule has 1 fully saturated rings. The van der Waals surface area contributed by atoms with Crippen molar-refractivity contribution in [1.29, 1.82) is 0 Å². The molecule has 1 aromatic heterocycles. The number of carbonyl (C=O) groups excluding carboxylic acids is 1. The maximum Gasteiger partial charge on any atom is 0.358 e. The van der Waals surface area contributed by atoms with Crippen molar-refractivity contribution in [3.05, 3.63) is 18.1 Å². The van der Waals surface area contributed by atoms with Gasteiger partial charge in [0.2, 0.25) is 5.91 Å². The van der Waals surface area contributed by atoms with Gasteiger partial charge in [-0.1, -0.05) is 19.3 Å². The molecule has 0 aliphatic heterocycles. The van der Waals surface area contributed by atoms with Gasteiger partial charge in [0, 0.05) is 18.3 Å². The molecular formula is C12H15N3O3. The summed E-state index contributed by atoms with van der Waals surface area (Å²) in [5, 5.41) is 11.5. The number of hydrogen-bond acceptors (Lipinski definition) is 4. The van der Waals surface area contributed by atoms with E-state index in [0.29, 0.717) is 0 Å². The average Bonchev–Trinajstić information content (AvgIpc) is 2.40. The molecule has 6 nitrogen and oxygen atoms in total. The van der Waals surface area contributed by atoms with E-state index in [1.54, 1.807) is 0 Å². The minimum Gasteiger partial charge on any atom is -0.476 e. The van der Waals surface area contributed by atoms with Crippen molar-refractivity contribution in [2.24, 2.45) is 5.92 Å². The first-order valence-electron chi connectivity index (χ1n) is 6.03. The Morgan fingerprint density at radius 1 is 1.17 bits per heavy atom. The van der Waals surface area contributed by atoms with Crippen LogP contribution in [-0.2, 0) is 4.79 Å². The zero-order valence-electron chi connectivity index (χ0n) is 9.93. The number of carboxylic acids is 1. The number of carbonyl (C=O) groups is 2. The Balaban J connectivity index is 2.08. The summed E-state index contributed by atoms with van der Waals surface area (Å²) in [6, 6.07) is 0. The van der Waals surface area contributed by atoms with E-state index in [4.69, 9.17) is 5.11 Å². The molecular weight excluding hydrogens is 234 g/mol. The molecule has 2 N–H and O–H groups in total. The van der Waals surface area contributed by atoms with Gasteiger partial charge in [0.05, 0.1) is 0 Å². The summed E-state index contributed by atoms with van der Waals surface area (Å²) < 4.78 is 0. The Bertz CT molecular complexity index is 456. The molecule has 1 saturated carbocycles. The Morgan fingerprint density at radius 3 is 2.50 bits per heavy atom. The zero-order chi connectivity index (χ0) is 13.0. The number of aromatic nitrogens is 2. The Kier molecular flexibility index (Phi) is 3.86. The van der Waals surface area contributed by atoms with Crippen LogP contribution in [0.4, 0.5) is 5.82 Å². The van der Waals surface area contributed by atoms with Crippen LogP contribution in [0.5, 0.6) is 0 Å². The van der Waals surface area contributed by atoms with E-state index in [1.807, 2.05) is 0 Å². The van der Waals surface area contributed by atoms with Gasteiger partial charge in [0.1, 0.15) is 0 Å². The Labute approximate surface area is 104 Å². The van der Waals surface area contributed by atoms with Gasteiger partial charge in [-0.3, -0.25) is 4.79 Å². The van der Waals surface area contributed by atoms with Crippen LogP contribution in [0.25, 0.3) is 0 Å². The number of amides is 1. The van der Waals surface area contributed by atoms with Gasteiger partial charge in [-0.25, -0.2) is 14.8 Å². The monoisotopic (exact) mass is 249 g/mol. The molecule has 0 atom stereocenters. The van der Waals surface area contributed by atoms with Crippen molar-refractivity contribution in [1.82, 2.24) is 9.97 Å². The molecule has 1 aromatic rings. The molecule has 0 aromatic carbocycles. The summed E-state index contributed by atoms with van der Waals surface area (Å²) in [5.41, 5.74) is -0.221. The third kappa shape index (κ3) is 2.82. The quantitative estimate of drug-likeness (QED) is 0.850. The Hall–Kier alpha value is -1.98. The van der Waals surface area contributed by atoms with Gasteiger partial charge >= 0.3 is 5.97 Å². The van der Waals surface area contributed by atoms with Crippen LogP contribution < -0.4 is 5.32 Å². The van der Waals surface area contributed by atoms with Gasteiger partial charge in [0.15, 0.2) is 11.5 Å². The lowest BCUT2D eigenvalue weighted by molar-refractivity contribution is -0.120. The number of anilines is 1. The van der Waals surface area contributed by atoms with Crippen molar-refractivity contribution in [3.8, 4) is 0 Å². The minimum absolute atomic E-state index is 0.0283. The number of aromatic carboxylic acids is 1. The molecule has 1 heterocycles. The molecule has 6 heteroatoms. The fourth-order valence-corrected chi connectivity index (χ4v) is 2.17. The number of hydrogen-bond donors (Lipinski definition) is 2. The predicted molar refractivity (Wildman–Crippen MR) is 64.2 cm³/mol. The van der Waals surface area contributed by atoms with Crippen LogP contribution in [0.1, 0.15) is 42.6 Å². The lowest BCUT2D eigenvalue weighted by Gasteiger charge is -2.20. The molecule has 0 spiro atoms. The second-order valence-electron chi connectivity index (χ2n) is 4.38. The highest BCUT2D eigenvalue weighted by atomic mass is 16.4. The van der Waals surface area contributed by atoms with Crippen molar-refractivity contribution < 1.29 is 14.7 Å². The van der Waals surface area contributed by atoms with Crippen molar-refractivity contribution >= 4 is 17.7 Å². The summed E-state index contributed by atoms with van der Waals surface area (Å²) in [5.74, 6) is -1.36. The van der Waals surface area contributed by atoms with E-state index in [2.05, 4.69) is 15.3 Å². The van der Waals surface area contributed by atoms with E-state index < -0.39 is 5.97 Å². The summed E-state index contributed by atoms with van der Waals surface area (Å²) in [6.45, 7) is 0. The lowest BCUT2D eigenvalue weighted by Crippen LogP contribution is -2.26. The van der Waals surface area contributed by atoms with Crippen LogP contribution in [0.2, 0.25) is 0 Å². The van der Waals surface area contributed by atoms with Crippen LogP contribution in [0.15, 0.2) is 12.4 Å². The fourth-order valence-electron chi connectivity index (χ4n) is 2.17. The van der Waals surface area contributed by atoms with Crippen LogP contribution in [0.3, 0.4) is 0 Å². The second-order valence-corrected chi connectivity index (χ2v) is 4.38. The molecule has 1 aliphatic rings. The van der Waals surface area contributed by atoms with Gasteiger partial charge in [-0.15, -0.1) is 0 Å². The summed E-state index contributed by atoms with van der Waals surface area (Å²) in [6.07, 6.45) is 7.62. The molecule has 2 rings (SSSR count). The molecule has 0 unspecified atom stereocenters. The molecule has 1 aliphatic carbocycles. The predicted octanol–water partition coefficient (Wildman–Crippen LogP) is 1.69. The number of nitrogens with zero attached hydrogens (tertiary/aromatic N) is 2.